The van der Waals surface area contributed by atoms with E-state index in [1.165, 1.54) is 0 Å². The molecule has 0 aliphatic carbocycles. The number of hydrogen-bond acceptors (Lipinski definition) is 4. The van der Waals surface area contributed by atoms with E-state index in [1.807, 2.05) is 24.3 Å². The van der Waals surface area contributed by atoms with Crippen LogP contribution in [-0.2, 0) is 20.9 Å². The number of nitrogens with zero attached hydrogens (tertiary/aromatic N) is 2. The van der Waals surface area contributed by atoms with E-state index in [0.29, 0.717) is 13.1 Å². The lowest BCUT2D eigenvalue weighted by Gasteiger charge is -2.21. The van der Waals surface area contributed by atoms with E-state index in [0.717, 1.165) is 5.69 Å². The summed E-state index contributed by atoms with van der Waals surface area (Å²) in [6.07, 6.45) is 4.83. The van der Waals surface area contributed by atoms with E-state index in [2.05, 4.69) is 4.98 Å². The van der Waals surface area contributed by atoms with Gasteiger partial charge in [0, 0.05) is 6.20 Å². The Kier molecular flexibility index (Phi) is 2.47. The predicted octanol–water partition coefficient (Wildman–Crippen LogP) is 0.448. The van der Waals surface area contributed by atoms with Gasteiger partial charge in [0.05, 0.1) is 30.8 Å². The summed E-state index contributed by atoms with van der Waals surface area (Å²) in [5, 5.41) is 9.38. The van der Waals surface area contributed by atoms with Crippen molar-refractivity contribution in [3.63, 3.8) is 0 Å². The third-order valence-electron chi connectivity index (χ3n) is 4.54. The van der Waals surface area contributed by atoms with Crippen molar-refractivity contribution in [2.75, 3.05) is 6.54 Å². The first kappa shape index (κ1) is 12.5. The molecule has 108 valence electrons. The number of aliphatic carboxylic acids is 1. The summed E-state index contributed by atoms with van der Waals surface area (Å²) in [5.41, 5.74) is 0.0205. The van der Waals surface area contributed by atoms with Crippen LogP contribution in [0.1, 0.15) is 5.69 Å². The van der Waals surface area contributed by atoms with Gasteiger partial charge in [0.1, 0.15) is 11.5 Å². The highest BCUT2D eigenvalue weighted by Gasteiger charge is 2.66. The molecule has 2 fully saturated rings. The Balaban J connectivity index is 1.63. The number of carbonyl (C=O) groups is 2. The summed E-state index contributed by atoms with van der Waals surface area (Å²) in [6, 6.07) is 5.53. The molecule has 0 radical (unpaired) electrons. The molecule has 6 nitrogen and oxygen atoms in total. The average molecular weight is 286 g/mol. The van der Waals surface area contributed by atoms with E-state index < -0.39 is 29.5 Å². The second kappa shape index (κ2) is 4.14. The van der Waals surface area contributed by atoms with Crippen molar-refractivity contribution in [1.82, 2.24) is 9.88 Å². The largest absolute Gasteiger partial charge is 0.481 e. The minimum Gasteiger partial charge on any atom is -0.481 e. The van der Waals surface area contributed by atoms with Crippen molar-refractivity contribution in [2.45, 2.75) is 18.2 Å². The number of carboxylic acid groups (broad SMARTS) is 1. The molecule has 2 bridgehead atoms. The Bertz CT molecular complexity index is 644. The molecule has 2 saturated heterocycles. The number of carbonyl (C=O) groups excluding carboxylic acids is 1. The molecule has 1 N–H and O–H groups in total. The van der Waals surface area contributed by atoms with Crippen molar-refractivity contribution in [1.29, 1.82) is 0 Å². The van der Waals surface area contributed by atoms with Crippen LogP contribution in [-0.4, -0.2) is 45.1 Å². The number of aromatic nitrogens is 1. The SMILES string of the molecule is O=C(O)[C@@H]1[C@H]2C=C[C@@]3(CN(Cc4ccccn4)C(=O)[C@@H]13)O2. The summed E-state index contributed by atoms with van der Waals surface area (Å²) >= 11 is 0. The second-order valence-corrected chi connectivity index (χ2v) is 5.75. The number of pyridine rings is 1. The van der Waals surface area contributed by atoms with Gasteiger partial charge in [-0.3, -0.25) is 14.6 Å². The minimum atomic E-state index is -0.968. The first-order valence-electron chi connectivity index (χ1n) is 6.89. The van der Waals surface area contributed by atoms with Crippen LogP contribution in [0, 0.1) is 11.8 Å². The second-order valence-electron chi connectivity index (χ2n) is 5.75. The van der Waals surface area contributed by atoms with Crippen LogP contribution >= 0.6 is 0 Å². The Labute approximate surface area is 121 Å². The maximum absolute atomic E-state index is 12.6. The van der Waals surface area contributed by atoms with E-state index in [9.17, 15) is 14.7 Å². The van der Waals surface area contributed by atoms with Crippen LogP contribution in [0.25, 0.3) is 0 Å². The van der Waals surface area contributed by atoms with Crippen molar-refractivity contribution in [3.8, 4) is 0 Å². The lowest BCUT2D eigenvalue weighted by atomic mass is 9.77. The standard InChI is InChI=1S/C15H14N2O4/c18-13-12-11(14(19)20)10-4-5-15(12,21-10)8-17(13)7-9-3-1-2-6-16-9/h1-6,10-12H,7-8H2,(H,19,20)/t10-,11-,12-,15+/m1/s1. The average Bonchev–Trinajstić information content (AvgIpc) is 3.09. The molecule has 1 aromatic rings. The van der Waals surface area contributed by atoms with E-state index in [-0.39, 0.29) is 5.91 Å². The van der Waals surface area contributed by atoms with Crippen LogP contribution in [0.3, 0.4) is 0 Å². The lowest BCUT2D eigenvalue weighted by molar-refractivity contribution is -0.148. The van der Waals surface area contributed by atoms with Gasteiger partial charge in [-0.25, -0.2) is 0 Å². The molecular formula is C15H14N2O4. The maximum Gasteiger partial charge on any atom is 0.310 e. The molecule has 0 aromatic carbocycles. The maximum atomic E-state index is 12.6. The zero-order chi connectivity index (χ0) is 14.6. The molecule has 0 saturated carbocycles. The molecule has 21 heavy (non-hydrogen) atoms. The molecule has 1 aromatic heterocycles. The first-order valence-corrected chi connectivity index (χ1v) is 6.89. The number of rotatable bonds is 3. The van der Waals surface area contributed by atoms with Gasteiger partial charge in [0.25, 0.3) is 0 Å². The Morgan fingerprint density at radius 1 is 1.52 bits per heavy atom. The predicted molar refractivity (Wildman–Crippen MR) is 71.0 cm³/mol. The highest BCUT2D eigenvalue weighted by Crippen LogP contribution is 2.51. The van der Waals surface area contributed by atoms with E-state index in [4.69, 9.17) is 4.74 Å². The molecule has 1 amide bonds. The van der Waals surface area contributed by atoms with Gasteiger partial charge in [0.15, 0.2) is 0 Å². The van der Waals surface area contributed by atoms with Crippen molar-refractivity contribution < 1.29 is 19.4 Å². The van der Waals surface area contributed by atoms with Gasteiger partial charge in [-0.15, -0.1) is 0 Å². The molecular weight excluding hydrogens is 272 g/mol. The van der Waals surface area contributed by atoms with Gasteiger partial charge < -0.3 is 14.7 Å². The third kappa shape index (κ3) is 1.65. The molecule has 0 unspecified atom stereocenters. The molecule has 3 aliphatic heterocycles. The van der Waals surface area contributed by atoms with Crippen LogP contribution in [0.5, 0.6) is 0 Å². The zero-order valence-electron chi connectivity index (χ0n) is 11.2. The van der Waals surface area contributed by atoms with Gasteiger partial charge in [0.2, 0.25) is 5.91 Å². The minimum absolute atomic E-state index is 0.153. The number of amides is 1. The number of hydrogen-bond donors (Lipinski definition) is 1. The fourth-order valence-corrected chi connectivity index (χ4v) is 3.68. The summed E-state index contributed by atoms with van der Waals surface area (Å²) in [5.74, 6) is -2.52. The lowest BCUT2D eigenvalue weighted by Crippen LogP contribution is -2.39. The zero-order valence-corrected chi connectivity index (χ0v) is 11.2. The number of ether oxygens (including phenoxy) is 1. The van der Waals surface area contributed by atoms with Crippen LogP contribution in [0.15, 0.2) is 36.5 Å². The van der Waals surface area contributed by atoms with E-state index >= 15 is 0 Å². The van der Waals surface area contributed by atoms with Gasteiger partial charge in [-0.2, -0.15) is 0 Å². The van der Waals surface area contributed by atoms with Gasteiger partial charge in [-0.05, 0) is 12.1 Å². The van der Waals surface area contributed by atoms with Crippen molar-refractivity contribution >= 4 is 11.9 Å². The van der Waals surface area contributed by atoms with E-state index in [1.54, 1.807) is 17.2 Å². The smallest absolute Gasteiger partial charge is 0.310 e. The Morgan fingerprint density at radius 2 is 2.38 bits per heavy atom. The molecule has 4 rings (SSSR count). The summed E-state index contributed by atoms with van der Waals surface area (Å²) in [4.78, 5) is 29.9. The summed E-state index contributed by atoms with van der Waals surface area (Å²) in [7, 11) is 0. The molecule has 1 spiro atoms. The fraction of sp³-hybridized carbons (Fsp3) is 0.400. The Morgan fingerprint density at radius 3 is 3.10 bits per heavy atom. The normalized spacial score (nSPS) is 36.3. The third-order valence-corrected chi connectivity index (χ3v) is 4.54. The molecule has 4 atom stereocenters. The van der Waals surface area contributed by atoms with Gasteiger partial charge >= 0.3 is 5.97 Å². The number of carboxylic acids is 1. The topological polar surface area (TPSA) is 79.7 Å². The highest BCUT2D eigenvalue weighted by molar-refractivity contribution is 5.90. The highest BCUT2D eigenvalue weighted by atomic mass is 16.5. The molecule has 4 heterocycles. The first-order chi connectivity index (χ1) is 10.1. The van der Waals surface area contributed by atoms with Crippen molar-refractivity contribution in [3.05, 3.63) is 42.2 Å². The van der Waals surface area contributed by atoms with Crippen LogP contribution < -0.4 is 0 Å². The van der Waals surface area contributed by atoms with Gasteiger partial charge in [-0.1, -0.05) is 18.2 Å². The quantitative estimate of drug-likeness (QED) is 0.816. The molecule has 3 aliphatic rings. The molecule has 6 heteroatoms. The summed E-state index contributed by atoms with van der Waals surface area (Å²) < 4.78 is 5.82. The number of fused-ring (bicyclic) bond motifs is 1. The van der Waals surface area contributed by atoms with Crippen LogP contribution in [0.4, 0.5) is 0 Å². The Hall–Kier alpha value is -2.21. The van der Waals surface area contributed by atoms with Crippen LogP contribution in [0.2, 0.25) is 0 Å². The fourth-order valence-electron chi connectivity index (χ4n) is 3.68. The number of likely N-dealkylation sites (tertiary alicyclic amines) is 1. The van der Waals surface area contributed by atoms with Crippen molar-refractivity contribution in [2.24, 2.45) is 11.8 Å². The monoisotopic (exact) mass is 286 g/mol. The summed E-state index contributed by atoms with van der Waals surface area (Å²) in [6.45, 7) is 0.774.